The molecule has 0 aliphatic carbocycles. The summed E-state index contributed by atoms with van der Waals surface area (Å²) in [4.78, 5) is 11.1. The van der Waals surface area contributed by atoms with Crippen molar-refractivity contribution < 1.29 is 14.3 Å². The lowest BCUT2D eigenvalue weighted by Crippen LogP contribution is -2.40. The summed E-state index contributed by atoms with van der Waals surface area (Å²) in [6.45, 7) is 3.50. The molecule has 0 aliphatic heterocycles. The fraction of sp³-hybridized carbons (Fsp3) is 0.900. The van der Waals surface area contributed by atoms with Gasteiger partial charge in [-0.05, 0) is 25.2 Å². The van der Waals surface area contributed by atoms with Gasteiger partial charge in [-0.2, -0.15) is 0 Å². The van der Waals surface area contributed by atoms with Gasteiger partial charge in [0.25, 0.3) is 0 Å². The Hall–Kier alpha value is -0.640. The van der Waals surface area contributed by atoms with Gasteiger partial charge in [-0.15, -0.1) is 0 Å². The molecule has 0 aromatic carbocycles. The van der Waals surface area contributed by atoms with Crippen LogP contribution in [0.5, 0.6) is 0 Å². The molecule has 3 N–H and O–H groups in total. The third-order valence-electron chi connectivity index (χ3n) is 2.43. The molecule has 0 heterocycles. The maximum atomic E-state index is 12.0. The monoisotopic (exact) mass is 205 g/mol. The summed E-state index contributed by atoms with van der Waals surface area (Å²) in [7, 11) is 0. The van der Waals surface area contributed by atoms with Crippen LogP contribution in [0.15, 0.2) is 0 Å². The second-order valence-electron chi connectivity index (χ2n) is 4.18. The first kappa shape index (κ1) is 13.4. The number of alkyl halides is 1. The van der Waals surface area contributed by atoms with Crippen LogP contribution in [0.2, 0.25) is 0 Å². The fourth-order valence-electron chi connectivity index (χ4n) is 1.76. The van der Waals surface area contributed by atoms with E-state index in [1.807, 2.05) is 13.8 Å². The fourth-order valence-corrected chi connectivity index (χ4v) is 1.76. The first-order chi connectivity index (χ1) is 6.48. The van der Waals surface area contributed by atoms with E-state index in [0.29, 0.717) is 12.8 Å². The van der Waals surface area contributed by atoms with Crippen LogP contribution in [0.3, 0.4) is 0 Å². The molecular weight excluding hydrogens is 185 g/mol. The Morgan fingerprint density at radius 2 is 2.14 bits per heavy atom. The first-order valence-corrected chi connectivity index (χ1v) is 4.98. The van der Waals surface area contributed by atoms with Crippen molar-refractivity contribution in [2.24, 2.45) is 17.1 Å². The molecule has 1 atom stereocenters. The van der Waals surface area contributed by atoms with E-state index < -0.39 is 18.1 Å². The Bertz CT molecular complexity index is 185. The maximum Gasteiger partial charge on any atom is 0.310 e. The quantitative estimate of drug-likeness (QED) is 0.666. The molecule has 1 unspecified atom stereocenters. The molecule has 3 nitrogen and oxygen atoms in total. The van der Waals surface area contributed by atoms with Gasteiger partial charge >= 0.3 is 5.97 Å². The number of rotatable bonds is 7. The van der Waals surface area contributed by atoms with Gasteiger partial charge in [0.05, 0.1) is 12.1 Å². The van der Waals surface area contributed by atoms with Crippen LogP contribution in [-0.2, 0) is 4.79 Å². The van der Waals surface area contributed by atoms with Gasteiger partial charge in [0.2, 0.25) is 0 Å². The van der Waals surface area contributed by atoms with E-state index >= 15 is 0 Å². The van der Waals surface area contributed by atoms with E-state index in [2.05, 4.69) is 0 Å². The number of carboxylic acids is 1. The number of halogens is 1. The van der Waals surface area contributed by atoms with Gasteiger partial charge in [-0.25, -0.2) is 0 Å². The highest BCUT2D eigenvalue weighted by atomic mass is 19.1. The van der Waals surface area contributed by atoms with Crippen molar-refractivity contribution in [3.8, 4) is 0 Å². The summed E-state index contributed by atoms with van der Waals surface area (Å²) < 4.78 is 12.0. The van der Waals surface area contributed by atoms with E-state index in [4.69, 9.17) is 10.8 Å². The summed E-state index contributed by atoms with van der Waals surface area (Å²) in [5, 5.41) is 9.10. The minimum Gasteiger partial charge on any atom is -0.481 e. The van der Waals surface area contributed by atoms with Gasteiger partial charge < -0.3 is 10.8 Å². The minimum absolute atomic E-state index is 0.0838. The molecule has 14 heavy (non-hydrogen) atoms. The molecule has 0 aliphatic rings. The summed E-state index contributed by atoms with van der Waals surface area (Å²) in [5.41, 5.74) is 4.56. The van der Waals surface area contributed by atoms with Crippen LogP contribution in [0, 0.1) is 11.3 Å². The number of aliphatic carboxylic acids is 1. The molecular formula is C10H20FNO2. The van der Waals surface area contributed by atoms with Crippen LogP contribution >= 0.6 is 0 Å². The molecule has 0 amide bonds. The Kier molecular flexibility index (Phi) is 5.69. The standard InChI is InChI=1S/C10H20FNO2/c1-8(2)6-10(7-12,9(13)14)4-3-5-11/h8H,3-7,12H2,1-2H3,(H,13,14). The van der Waals surface area contributed by atoms with Crippen molar-refractivity contribution >= 4 is 5.97 Å². The predicted octanol–water partition coefficient (Wildman–Crippen LogP) is 1.81. The Morgan fingerprint density at radius 1 is 1.57 bits per heavy atom. The molecule has 0 saturated heterocycles. The van der Waals surface area contributed by atoms with E-state index in [-0.39, 0.29) is 18.9 Å². The van der Waals surface area contributed by atoms with Crippen LogP contribution in [0.1, 0.15) is 33.1 Å². The average molecular weight is 205 g/mol. The minimum atomic E-state index is -0.930. The van der Waals surface area contributed by atoms with Crippen molar-refractivity contribution in [2.75, 3.05) is 13.2 Å². The van der Waals surface area contributed by atoms with E-state index in [9.17, 15) is 9.18 Å². The molecule has 0 bridgehead atoms. The van der Waals surface area contributed by atoms with Crippen LogP contribution in [-0.4, -0.2) is 24.3 Å². The average Bonchev–Trinajstić information content (AvgIpc) is 2.11. The molecule has 0 aromatic rings. The van der Waals surface area contributed by atoms with Crippen molar-refractivity contribution in [3.63, 3.8) is 0 Å². The first-order valence-electron chi connectivity index (χ1n) is 4.98. The summed E-state index contributed by atoms with van der Waals surface area (Å²) in [6, 6.07) is 0. The number of hydrogen-bond donors (Lipinski definition) is 2. The topological polar surface area (TPSA) is 63.3 Å². The zero-order valence-electron chi connectivity index (χ0n) is 8.92. The Labute approximate surface area is 84.5 Å². The third kappa shape index (κ3) is 3.62. The van der Waals surface area contributed by atoms with Crippen molar-refractivity contribution in [1.29, 1.82) is 0 Å². The van der Waals surface area contributed by atoms with Crippen LogP contribution in [0.4, 0.5) is 4.39 Å². The zero-order valence-corrected chi connectivity index (χ0v) is 8.92. The van der Waals surface area contributed by atoms with E-state index in [0.717, 1.165) is 0 Å². The largest absolute Gasteiger partial charge is 0.481 e. The predicted molar refractivity (Wildman–Crippen MR) is 53.8 cm³/mol. The van der Waals surface area contributed by atoms with Crippen molar-refractivity contribution in [1.82, 2.24) is 0 Å². The lowest BCUT2D eigenvalue weighted by Gasteiger charge is -2.29. The highest BCUT2D eigenvalue weighted by molar-refractivity contribution is 5.74. The van der Waals surface area contributed by atoms with Gasteiger partial charge in [0, 0.05) is 6.54 Å². The van der Waals surface area contributed by atoms with Crippen LogP contribution < -0.4 is 5.73 Å². The summed E-state index contributed by atoms with van der Waals surface area (Å²) >= 11 is 0. The summed E-state index contributed by atoms with van der Waals surface area (Å²) in [5.74, 6) is -0.642. The molecule has 0 saturated carbocycles. The van der Waals surface area contributed by atoms with Gasteiger partial charge in [0.1, 0.15) is 0 Å². The lowest BCUT2D eigenvalue weighted by molar-refractivity contribution is -0.150. The van der Waals surface area contributed by atoms with Crippen LogP contribution in [0.25, 0.3) is 0 Å². The highest BCUT2D eigenvalue weighted by Crippen LogP contribution is 2.31. The number of nitrogens with two attached hydrogens (primary N) is 1. The highest BCUT2D eigenvalue weighted by Gasteiger charge is 2.36. The zero-order chi connectivity index (χ0) is 11.2. The number of carbonyl (C=O) groups is 1. The SMILES string of the molecule is CC(C)CC(CN)(CCCF)C(=O)O. The van der Waals surface area contributed by atoms with Gasteiger partial charge in [0.15, 0.2) is 0 Å². The van der Waals surface area contributed by atoms with Crippen molar-refractivity contribution in [2.45, 2.75) is 33.1 Å². The second-order valence-corrected chi connectivity index (χ2v) is 4.18. The molecule has 0 aromatic heterocycles. The molecule has 0 radical (unpaired) electrons. The van der Waals surface area contributed by atoms with Gasteiger partial charge in [-0.3, -0.25) is 9.18 Å². The smallest absolute Gasteiger partial charge is 0.310 e. The molecule has 0 spiro atoms. The van der Waals surface area contributed by atoms with Crippen molar-refractivity contribution in [3.05, 3.63) is 0 Å². The lowest BCUT2D eigenvalue weighted by atomic mass is 9.76. The van der Waals surface area contributed by atoms with E-state index in [1.54, 1.807) is 0 Å². The molecule has 84 valence electrons. The summed E-state index contributed by atoms with van der Waals surface area (Å²) in [6.07, 6.45) is 1.11. The van der Waals surface area contributed by atoms with Gasteiger partial charge in [-0.1, -0.05) is 13.8 Å². The Morgan fingerprint density at radius 3 is 2.43 bits per heavy atom. The maximum absolute atomic E-state index is 12.0. The second kappa shape index (κ2) is 5.96. The normalized spacial score (nSPS) is 15.5. The number of hydrogen-bond acceptors (Lipinski definition) is 2. The molecule has 0 rings (SSSR count). The molecule has 0 fully saturated rings. The third-order valence-corrected chi connectivity index (χ3v) is 2.43. The van der Waals surface area contributed by atoms with E-state index in [1.165, 1.54) is 0 Å². The number of carboxylic acid groups (broad SMARTS) is 1. The molecule has 4 heteroatoms. The Balaban J connectivity index is 4.51.